The number of hydrogen-bond acceptors (Lipinski definition) is 3. The highest BCUT2D eigenvalue weighted by atomic mass is 16.3. The second-order valence-electron chi connectivity index (χ2n) is 9.34. The molecule has 2 aromatic rings. The Hall–Kier alpha value is -2.37. The van der Waals surface area contributed by atoms with Crippen molar-refractivity contribution in [1.29, 1.82) is 0 Å². The molecule has 4 rings (SSSR count). The van der Waals surface area contributed by atoms with Gasteiger partial charge in [-0.2, -0.15) is 0 Å². The third kappa shape index (κ3) is 6.57. The van der Waals surface area contributed by atoms with Gasteiger partial charge in [0.2, 0.25) is 0 Å². The van der Waals surface area contributed by atoms with Crippen molar-refractivity contribution >= 4 is 5.96 Å². The van der Waals surface area contributed by atoms with E-state index in [1.54, 1.807) is 0 Å². The van der Waals surface area contributed by atoms with E-state index >= 15 is 0 Å². The van der Waals surface area contributed by atoms with E-state index in [2.05, 4.69) is 74.7 Å². The molecule has 0 bridgehead atoms. The first kappa shape index (κ1) is 22.8. The molecule has 5 nitrogen and oxygen atoms in total. The molecule has 32 heavy (non-hydrogen) atoms. The van der Waals surface area contributed by atoms with Crippen LogP contribution in [0, 0.1) is 5.92 Å². The molecule has 2 aliphatic rings. The quantitative estimate of drug-likeness (QED) is 0.538. The van der Waals surface area contributed by atoms with Crippen molar-refractivity contribution in [2.45, 2.75) is 51.3 Å². The highest BCUT2D eigenvalue weighted by Gasteiger charge is 2.21. The van der Waals surface area contributed by atoms with E-state index in [1.165, 1.54) is 36.0 Å². The number of likely N-dealkylation sites (tertiary alicyclic amines) is 2. The third-order valence-electron chi connectivity index (χ3n) is 6.93. The number of nitrogens with zero attached hydrogens (tertiary/aromatic N) is 3. The van der Waals surface area contributed by atoms with Gasteiger partial charge in [-0.05, 0) is 54.7 Å². The average Bonchev–Trinajstić information content (AvgIpc) is 2.84. The summed E-state index contributed by atoms with van der Waals surface area (Å²) in [6.45, 7) is 5.89. The Morgan fingerprint density at radius 1 is 0.875 bits per heavy atom. The maximum atomic E-state index is 9.67. The summed E-state index contributed by atoms with van der Waals surface area (Å²) < 4.78 is 0. The SMILES string of the molecule is CN=C(NCc1ccc(CN2CCC(O)CC2)cc1)N1CCC(Cc2ccccc2)CC1. The molecule has 0 aromatic heterocycles. The van der Waals surface area contributed by atoms with E-state index < -0.39 is 0 Å². The molecular formula is C27H38N4O. The predicted molar refractivity (Wildman–Crippen MR) is 132 cm³/mol. The minimum absolute atomic E-state index is 0.108. The molecule has 2 heterocycles. The van der Waals surface area contributed by atoms with Crippen LogP contribution in [0.15, 0.2) is 59.6 Å². The van der Waals surface area contributed by atoms with Crippen molar-refractivity contribution in [1.82, 2.24) is 15.1 Å². The number of aliphatic hydroxyl groups is 1. The number of nitrogens with one attached hydrogen (secondary N) is 1. The first-order valence-corrected chi connectivity index (χ1v) is 12.2. The van der Waals surface area contributed by atoms with Crippen LogP contribution >= 0.6 is 0 Å². The summed E-state index contributed by atoms with van der Waals surface area (Å²) >= 11 is 0. The monoisotopic (exact) mass is 434 g/mol. The number of rotatable bonds is 6. The minimum atomic E-state index is -0.108. The molecule has 2 N–H and O–H groups in total. The van der Waals surface area contributed by atoms with Crippen LogP contribution in [0.1, 0.15) is 42.4 Å². The molecule has 0 unspecified atom stereocenters. The topological polar surface area (TPSA) is 51.1 Å². The Balaban J connectivity index is 1.21. The van der Waals surface area contributed by atoms with E-state index in [0.717, 1.165) is 64.0 Å². The zero-order chi connectivity index (χ0) is 22.2. The second kappa shape index (κ2) is 11.5. The fraction of sp³-hybridized carbons (Fsp3) is 0.519. The van der Waals surface area contributed by atoms with Crippen molar-refractivity contribution in [2.75, 3.05) is 33.2 Å². The Morgan fingerprint density at radius 3 is 2.19 bits per heavy atom. The van der Waals surface area contributed by atoms with Gasteiger partial charge >= 0.3 is 0 Å². The van der Waals surface area contributed by atoms with Crippen LogP contribution < -0.4 is 5.32 Å². The molecule has 2 aromatic carbocycles. The van der Waals surface area contributed by atoms with Crippen LogP contribution in [0.3, 0.4) is 0 Å². The van der Waals surface area contributed by atoms with Gasteiger partial charge in [-0.25, -0.2) is 0 Å². The predicted octanol–water partition coefficient (Wildman–Crippen LogP) is 3.67. The number of guanidine groups is 1. The van der Waals surface area contributed by atoms with Gasteiger partial charge in [-0.15, -0.1) is 0 Å². The first-order chi connectivity index (χ1) is 15.7. The van der Waals surface area contributed by atoms with Gasteiger partial charge in [0.05, 0.1) is 6.10 Å². The highest BCUT2D eigenvalue weighted by molar-refractivity contribution is 5.79. The molecule has 0 aliphatic carbocycles. The van der Waals surface area contributed by atoms with Crippen LogP contribution in [0.4, 0.5) is 0 Å². The maximum Gasteiger partial charge on any atom is 0.193 e. The molecule has 0 atom stereocenters. The maximum absolute atomic E-state index is 9.67. The van der Waals surface area contributed by atoms with Gasteiger partial charge in [0, 0.05) is 46.3 Å². The van der Waals surface area contributed by atoms with Crippen molar-refractivity contribution in [3.05, 3.63) is 71.3 Å². The van der Waals surface area contributed by atoms with Crippen molar-refractivity contribution in [3.63, 3.8) is 0 Å². The second-order valence-corrected chi connectivity index (χ2v) is 9.34. The van der Waals surface area contributed by atoms with Gasteiger partial charge in [0.25, 0.3) is 0 Å². The van der Waals surface area contributed by atoms with Gasteiger partial charge in [0.15, 0.2) is 5.96 Å². The Kier molecular flexibility index (Phi) is 8.18. The summed E-state index contributed by atoms with van der Waals surface area (Å²) in [6, 6.07) is 19.8. The van der Waals surface area contributed by atoms with E-state index in [4.69, 9.17) is 0 Å². The largest absolute Gasteiger partial charge is 0.393 e. The third-order valence-corrected chi connectivity index (χ3v) is 6.93. The zero-order valence-corrected chi connectivity index (χ0v) is 19.4. The number of benzene rings is 2. The van der Waals surface area contributed by atoms with Crippen LogP contribution in [-0.2, 0) is 19.5 Å². The Labute approximate surface area is 193 Å². The number of aliphatic hydroxyl groups excluding tert-OH is 1. The number of piperidine rings is 2. The Morgan fingerprint density at radius 2 is 1.53 bits per heavy atom. The van der Waals surface area contributed by atoms with Crippen molar-refractivity contribution in [2.24, 2.45) is 10.9 Å². The molecule has 0 radical (unpaired) electrons. The smallest absolute Gasteiger partial charge is 0.193 e. The normalized spacial score (nSPS) is 19.3. The summed E-state index contributed by atoms with van der Waals surface area (Å²) in [5, 5.41) is 13.2. The lowest BCUT2D eigenvalue weighted by atomic mass is 9.90. The van der Waals surface area contributed by atoms with Crippen LogP contribution in [-0.4, -0.2) is 60.2 Å². The fourth-order valence-corrected chi connectivity index (χ4v) is 4.91. The standard InChI is InChI=1S/C27H38N4O/c1-28-27(31-17-11-23(12-18-31)19-22-5-3-2-4-6-22)29-20-24-7-9-25(10-8-24)21-30-15-13-26(32)14-16-30/h2-10,23,26,32H,11-21H2,1H3,(H,28,29). The number of aliphatic imine (C=N–C) groups is 1. The van der Waals surface area contributed by atoms with E-state index in [0.29, 0.717) is 0 Å². The van der Waals surface area contributed by atoms with Crippen LogP contribution in [0.5, 0.6) is 0 Å². The van der Waals surface area contributed by atoms with E-state index in [1.807, 2.05) is 7.05 Å². The number of hydrogen-bond donors (Lipinski definition) is 2. The summed E-state index contributed by atoms with van der Waals surface area (Å²) in [5.41, 5.74) is 4.08. The van der Waals surface area contributed by atoms with Gasteiger partial charge in [-0.3, -0.25) is 9.89 Å². The summed E-state index contributed by atoms with van der Waals surface area (Å²) in [7, 11) is 1.89. The lowest BCUT2D eigenvalue weighted by molar-refractivity contribution is 0.0792. The summed E-state index contributed by atoms with van der Waals surface area (Å²) in [6.07, 6.45) is 5.31. The average molecular weight is 435 g/mol. The molecular weight excluding hydrogens is 396 g/mol. The molecule has 2 aliphatic heterocycles. The zero-order valence-electron chi connectivity index (χ0n) is 19.4. The first-order valence-electron chi connectivity index (χ1n) is 12.2. The molecule has 0 spiro atoms. The highest BCUT2D eigenvalue weighted by Crippen LogP contribution is 2.22. The van der Waals surface area contributed by atoms with E-state index in [9.17, 15) is 5.11 Å². The summed E-state index contributed by atoms with van der Waals surface area (Å²) in [5.74, 6) is 1.78. The minimum Gasteiger partial charge on any atom is -0.393 e. The van der Waals surface area contributed by atoms with Crippen molar-refractivity contribution < 1.29 is 5.11 Å². The molecule has 2 saturated heterocycles. The van der Waals surface area contributed by atoms with Gasteiger partial charge < -0.3 is 15.3 Å². The molecule has 0 amide bonds. The van der Waals surface area contributed by atoms with Crippen molar-refractivity contribution in [3.8, 4) is 0 Å². The van der Waals surface area contributed by atoms with Gasteiger partial charge in [-0.1, -0.05) is 54.6 Å². The fourth-order valence-electron chi connectivity index (χ4n) is 4.91. The lowest BCUT2D eigenvalue weighted by Gasteiger charge is -2.34. The van der Waals surface area contributed by atoms with Crippen LogP contribution in [0.2, 0.25) is 0 Å². The lowest BCUT2D eigenvalue weighted by Crippen LogP contribution is -2.45. The van der Waals surface area contributed by atoms with Gasteiger partial charge in [0.1, 0.15) is 0 Å². The molecule has 172 valence electrons. The molecule has 5 heteroatoms. The summed E-state index contributed by atoms with van der Waals surface area (Å²) in [4.78, 5) is 9.38. The Bertz CT molecular complexity index is 836. The molecule has 2 fully saturated rings. The van der Waals surface area contributed by atoms with Crippen LogP contribution in [0.25, 0.3) is 0 Å². The van der Waals surface area contributed by atoms with E-state index in [-0.39, 0.29) is 6.10 Å². The molecule has 0 saturated carbocycles.